The molecule has 10 heteroatoms. The molecule has 0 spiro atoms. The number of carbonyl (C=O) groups excluding carboxylic acids is 1. The maximum Gasteiger partial charge on any atom is 0.271 e. The van der Waals surface area contributed by atoms with Gasteiger partial charge in [-0.05, 0) is 75.0 Å². The van der Waals surface area contributed by atoms with E-state index in [2.05, 4.69) is 27.4 Å². The molecule has 5 heterocycles. The normalized spacial score (nSPS) is 19.9. The molecule has 7 rings (SSSR count). The summed E-state index contributed by atoms with van der Waals surface area (Å²) in [6.45, 7) is 11.8. The number of aromatic amines is 1. The van der Waals surface area contributed by atoms with Crippen molar-refractivity contribution >= 4 is 33.3 Å². The highest BCUT2D eigenvalue weighted by Crippen LogP contribution is 2.46. The summed E-state index contributed by atoms with van der Waals surface area (Å²) in [5, 5.41) is 12.6. The summed E-state index contributed by atoms with van der Waals surface area (Å²) >= 11 is 0. The van der Waals surface area contributed by atoms with Crippen LogP contribution in [0.5, 0.6) is 5.75 Å². The molecule has 0 bridgehead atoms. The van der Waals surface area contributed by atoms with Crippen molar-refractivity contribution in [2.45, 2.75) is 38.8 Å². The Morgan fingerprint density at radius 2 is 1.93 bits per heavy atom. The minimum atomic E-state index is -0.338. The molecule has 3 aliphatic heterocycles. The van der Waals surface area contributed by atoms with Crippen molar-refractivity contribution in [1.29, 1.82) is 5.26 Å². The molecule has 2 atom stereocenters. The number of benzene rings is 2. The van der Waals surface area contributed by atoms with Crippen LogP contribution in [0.2, 0.25) is 0 Å². The third kappa shape index (κ3) is 4.61. The molecule has 2 aromatic heterocycles. The van der Waals surface area contributed by atoms with Gasteiger partial charge in [0.2, 0.25) is 5.91 Å². The van der Waals surface area contributed by atoms with Gasteiger partial charge in [0, 0.05) is 54.9 Å². The van der Waals surface area contributed by atoms with E-state index in [1.165, 1.54) is 6.08 Å². The number of H-pyrrole nitrogens is 1. The number of pyridine rings is 2. The van der Waals surface area contributed by atoms with Crippen molar-refractivity contribution in [3.63, 3.8) is 0 Å². The minimum absolute atomic E-state index is 0.0997. The molecule has 2 aromatic carbocycles. The summed E-state index contributed by atoms with van der Waals surface area (Å²) in [6.07, 6.45) is 5.20. The summed E-state index contributed by atoms with van der Waals surface area (Å²) in [5.41, 5.74) is 3.19. The number of aromatic nitrogens is 2. The lowest BCUT2D eigenvalue weighted by Crippen LogP contribution is -2.54. The van der Waals surface area contributed by atoms with Crippen LogP contribution in [-0.4, -0.2) is 77.2 Å². The van der Waals surface area contributed by atoms with Crippen LogP contribution >= 0.6 is 0 Å². The van der Waals surface area contributed by atoms with E-state index in [1.54, 1.807) is 15.7 Å². The van der Waals surface area contributed by atoms with Gasteiger partial charge in [-0.2, -0.15) is 5.26 Å². The van der Waals surface area contributed by atoms with Gasteiger partial charge in [0.05, 0.1) is 22.6 Å². The van der Waals surface area contributed by atoms with Crippen molar-refractivity contribution in [3.05, 3.63) is 81.0 Å². The number of nitriles is 1. The molecule has 230 valence electrons. The van der Waals surface area contributed by atoms with Crippen molar-refractivity contribution in [2.24, 2.45) is 0 Å². The number of amides is 1. The highest BCUT2D eigenvalue weighted by molar-refractivity contribution is 6.06. The Kier molecular flexibility index (Phi) is 7.21. The Hall–Kier alpha value is -4.88. The summed E-state index contributed by atoms with van der Waals surface area (Å²) in [7, 11) is 0. The Bertz CT molecular complexity index is 2030. The fourth-order valence-electron chi connectivity index (χ4n) is 7.55. The summed E-state index contributed by atoms with van der Waals surface area (Å²) in [6, 6.07) is 11.6. The molecule has 4 aromatic rings. The number of hydrogen-bond acceptors (Lipinski definition) is 7. The maximum absolute atomic E-state index is 14.5. The van der Waals surface area contributed by atoms with Crippen LogP contribution in [0.15, 0.2) is 58.8 Å². The Morgan fingerprint density at radius 1 is 1.13 bits per heavy atom. The topological polar surface area (TPSA) is 115 Å². The van der Waals surface area contributed by atoms with Crippen LogP contribution in [0.4, 0.5) is 5.69 Å². The Labute approximate surface area is 260 Å². The van der Waals surface area contributed by atoms with Crippen molar-refractivity contribution in [3.8, 4) is 22.9 Å². The van der Waals surface area contributed by atoms with Gasteiger partial charge in [-0.25, -0.2) is 0 Å². The molecule has 0 radical (unpaired) electrons. The molecule has 1 unspecified atom stereocenters. The predicted molar refractivity (Wildman–Crippen MR) is 175 cm³/mol. The second kappa shape index (κ2) is 11.2. The van der Waals surface area contributed by atoms with Crippen LogP contribution in [0.25, 0.3) is 32.8 Å². The Morgan fingerprint density at radius 3 is 2.67 bits per heavy atom. The second-order valence-corrected chi connectivity index (χ2v) is 12.4. The lowest BCUT2D eigenvalue weighted by molar-refractivity contribution is -0.126. The van der Waals surface area contributed by atoms with Crippen LogP contribution in [0.3, 0.4) is 0 Å². The zero-order chi connectivity index (χ0) is 31.4. The van der Waals surface area contributed by atoms with Gasteiger partial charge in [-0.1, -0.05) is 18.7 Å². The summed E-state index contributed by atoms with van der Waals surface area (Å²) in [5.74, 6) is 0.405. The molecule has 2 saturated heterocycles. The molecular weight excluding hydrogens is 568 g/mol. The van der Waals surface area contributed by atoms with E-state index in [-0.39, 0.29) is 41.3 Å². The Balaban J connectivity index is 1.50. The van der Waals surface area contributed by atoms with Crippen LogP contribution < -0.4 is 20.8 Å². The molecular formula is C35H36N6O4. The van der Waals surface area contributed by atoms with E-state index >= 15 is 0 Å². The number of fused-ring (bicyclic) bond motifs is 1. The molecule has 0 aliphatic carbocycles. The average Bonchev–Trinajstić information content (AvgIpc) is 3.56. The number of aryl methyl sites for hydroxylation is 1. The number of hydrogen-bond donors (Lipinski definition) is 1. The first kappa shape index (κ1) is 28.9. The third-order valence-corrected chi connectivity index (χ3v) is 9.68. The number of rotatable bonds is 5. The molecule has 10 nitrogen and oxygen atoms in total. The van der Waals surface area contributed by atoms with Crippen LogP contribution in [0, 0.1) is 18.3 Å². The highest BCUT2D eigenvalue weighted by Gasteiger charge is 2.36. The summed E-state index contributed by atoms with van der Waals surface area (Å²) < 4.78 is 8.43. The maximum atomic E-state index is 14.5. The van der Waals surface area contributed by atoms with Crippen LogP contribution in [-0.2, 0) is 4.79 Å². The zero-order valence-electron chi connectivity index (χ0n) is 25.6. The van der Waals surface area contributed by atoms with E-state index in [0.29, 0.717) is 48.5 Å². The first-order valence-electron chi connectivity index (χ1n) is 15.6. The number of piperazine rings is 1. The number of ether oxygens (including phenoxy) is 1. The molecule has 1 amide bonds. The van der Waals surface area contributed by atoms with Crippen molar-refractivity contribution in [2.75, 3.05) is 50.8 Å². The highest BCUT2D eigenvalue weighted by atomic mass is 16.5. The van der Waals surface area contributed by atoms with Gasteiger partial charge >= 0.3 is 0 Å². The second-order valence-electron chi connectivity index (χ2n) is 12.4. The predicted octanol–water partition coefficient (Wildman–Crippen LogP) is 3.94. The van der Waals surface area contributed by atoms with E-state index in [1.807, 2.05) is 44.2 Å². The van der Waals surface area contributed by atoms with E-state index in [0.717, 1.165) is 53.4 Å². The molecule has 3 aliphatic rings. The standard InChI is InChI=1S/C35H36N6O4/c1-4-28(42)39-15-16-40(22(3)18-39)31-26-10-9-25(29-21(2)7-8-23-11-12-37-34(43)30(23)29)33-32(26)41(35(44)27(31)17-36)24(20-45-33)19-38-13-5-6-14-38/h4,7-12,22,24H,1,5-6,13-16,18-20H2,2-3H3,(H,37,43)/t22-,24?/m0/s1. The first-order valence-corrected chi connectivity index (χ1v) is 15.6. The van der Waals surface area contributed by atoms with Gasteiger partial charge in [-0.3, -0.25) is 19.0 Å². The van der Waals surface area contributed by atoms with E-state index in [4.69, 9.17) is 4.74 Å². The number of carbonyl (C=O) groups is 1. The van der Waals surface area contributed by atoms with E-state index < -0.39 is 0 Å². The number of likely N-dealkylation sites (tertiary alicyclic amines) is 1. The molecule has 1 N–H and O–H groups in total. The van der Waals surface area contributed by atoms with Crippen LogP contribution in [0.1, 0.15) is 36.9 Å². The number of nitrogens with one attached hydrogen (secondary N) is 1. The SMILES string of the molecule is C=CC(=O)N1CCN(c2c(C#N)c(=O)n3c4c(c(-c5c(C)ccc6cc[nH]c(=O)c56)ccc24)OCC3CN2CCCC2)[C@@H](C)C1. The average molecular weight is 605 g/mol. The van der Waals surface area contributed by atoms with Gasteiger partial charge in [0.1, 0.15) is 18.2 Å². The smallest absolute Gasteiger partial charge is 0.271 e. The minimum Gasteiger partial charge on any atom is -0.489 e. The van der Waals surface area contributed by atoms with Crippen molar-refractivity contribution in [1.82, 2.24) is 19.4 Å². The lowest BCUT2D eigenvalue weighted by atomic mass is 9.91. The van der Waals surface area contributed by atoms with Gasteiger partial charge in [0.15, 0.2) is 5.75 Å². The van der Waals surface area contributed by atoms with Gasteiger partial charge < -0.3 is 24.4 Å². The first-order chi connectivity index (χ1) is 21.8. The fourth-order valence-corrected chi connectivity index (χ4v) is 7.55. The van der Waals surface area contributed by atoms with Gasteiger partial charge in [-0.15, -0.1) is 0 Å². The molecule has 45 heavy (non-hydrogen) atoms. The zero-order valence-corrected chi connectivity index (χ0v) is 25.6. The monoisotopic (exact) mass is 604 g/mol. The number of anilines is 1. The molecule has 0 saturated carbocycles. The number of nitrogens with zero attached hydrogens (tertiary/aromatic N) is 5. The van der Waals surface area contributed by atoms with Crippen molar-refractivity contribution < 1.29 is 9.53 Å². The van der Waals surface area contributed by atoms with E-state index in [9.17, 15) is 19.6 Å². The fraction of sp³-hybridized carbons (Fsp3) is 0.371. The van der Waals surface area contributed by atoms with Gasteiger partial charge in [0.25, 0.3) is 11.1 Å². The molecule has 2 fully saturated rings. The summed E-state index contributed by atoms with van der Waals surface area (Å²) in [4.78, 5) is 49.1. The largest absolute Gasteiger partial charge is 0.489 e. The quantitative estimate of drug-likeness (QED) is 0.343. The third-order valence-electron chi connectivity index (χ3n) is 9.68. The lowest BCUT2D eigenvalue weighted by Gasteiger charge is -2.42.